The largest absolute Gasteiger partial charge is 0.322 e. The molecule has 1 spiro atoms. The molecule has 2 aliphatic heterocycles. The molecule has 0 radical (unpaired) electrons. The van der Waals surface area contributed by atoms with Gasteiger partial charge in [-0.2, -0.15) is 0 Å². The van der Waals surface area contributed by atoms with E-state index >= 15 is 0 Å². The summed E-state index contributed by atoms with van der Waals surface area (Å²) in [7, 11) is 0. The molecule has 3 amide bonds. The molecule has 1 unspecified atom stereocenters. The Morgan fingerprint density at radius 3 is 2.82 bits per heavy atom. The van der Waals surface area contributed by atoms with E-state index < -0.39 is 11.6 Å². The molecule has 3 N–H and O–H groups in total. The Morgan fingerprint density at radius 1 is 1.29 bits per heavy atom. The predicted octanol–water partition coefficient (Wildman–Crippen LogP) is 0.478. The van der Waals surface area contributed by atoms with Crippen molar-refractivity contribution in [2.45, 2.75) is 12.1 Å². The van der Waals surface area contributed by atoms with Crippen LogP contribution in [0, 0.1) is 0 Å². The predicted molar refractivity (Wildman–Crippen MR) is 61.5 cm³/mol. The highest BCUT2D eigenvalue weighted by atomic mass is 35.5. The molecule has 1 aromatic carbocycles. The first-order valence-electron chi connectivity index (χ1n) is 5.25. The summed E-state index contributed by atoms with van der Waals surface area (Å²) in [6.07, 6.45) is 0. The van der Waals surface area contributed by atoms with Crippen LogP contribution in [-0.4, -0.2) is 18.5 Å². The monoisotopic (exact) mass is 251 g/mol. The topological polar surface area (TPSA) is 70.2 Å². The number of carbonyl (C=O) groups is 2. The minimum atomic E-state index is -1.02. The van der Waals surface area contributed by atoms with Gasteiger partial charge < -0.3 is 10.6 Å². The molecule has 0 bridgehead atoms. The summed E-state index contributed by atoms with van der Waals surface area (Å²) in [6, 6.07) is 4.91. The normalized spacial score (nSPS) is 26.6. The van der Waals surface area contributed by atoms with Gasteiger partial charge in [0.25, 0.3) is 5.91 Å². The van der Waals surface area contributed by atoms with Crippen molar-refractivity contribution in [3.8, 4) is 0 Å². The minimum Gasteiger partial charge on any atom is -0.318 e. The third kappa shape index (κ3) is 1.43. The van der Waals surface area contributed by atoms with Gasteiger partial charge in [0.2, 0.25) is 0 Å². The van der Waals surface area contributed by atoms with Crippen LogP contribution < -0.4 is 16.0 Å². The zero-order valence-electron chi connectivity index (χ0n) is 8.84. The van der Waals surface area contributed by atoms with Crippen molar-refractivity contribution in [3.63, 3.8) is 0 Å². The summed E-state index contributed by atoms with van der Waals surface area (Å²) in [5.74, 6) is -0.335. The molecule has 1 fully saturated rings. The van der Waals surface area contributed by atoms with Crippen LogP contribution in [0.1, 0.15) is 11.1 Å². The number of urea groups is 1. The van der Waals surface area contributed by atoms with E-state index in [1.165, 1.54) is 0 Å². The number of nitrogens with one attached hydrogen (secondary N) is 3. The van der Waals surface area contributed by atoms with Crippen LogP contribution in [0.15, 0.2) is 18.2 Å². The van der Waals surface area contributed by atoms with Crippen LogP contribution in [0.4, 0.5) is 4.79 Å². The fourth-order valence-electron chi connectivity index (χ4n) is 2.39. The Bertz CT molecular complexity index is 531. The van der Waals surface area contributed by atoms with E-state index in [1.807, 2.05) is 6.07 Å². The van der Waals surface area contributed by atoms with Crippen molar-refractivity contribution in [1.29, 1.82) is 0 Å². The number of hydrogen-bond donors (Lipinski definition) is 3. The lowest BCUT2D eigenvalue weighted by molar-refractivity contribution is -0.124. The number of hydrogen-bond acceptors (Lipinski definition) is 3. The zero-order chi connectivity index (χ0) is 12.0. The number of carbonyl (C=O) groups excluding carboxylic acids is 2. The van der Waals surface area contributed by atoms with Crippen molar-refractivity contribution in [2.24, 2.45) is 0 Å². The number of rotatable bonds is 0. The Balaban J connectivity index is 2.19. The molecule has 1 aromatic rings. The molecule has 1 atom stereocenters. The van der Waals surface area contributed by atoms with Crippen molar-refractivity contribution in [1.82, 2.24) is 16.0 Å². The molecule has 17 heavy (non-hydrogen) atoms. The van der Waals surface area contributed by atoms with Gasteiger partial charge >= 0.3 is 6.03 Å². The number of benzene rings is 1. The summed E-state index contributed by atoms with van der Waals surface area (Å²) in [5, 5.41) is 8.63. The Labute approximate surface area is 103 Å². The number of fused-ring (bicyclic) bond motifs is 2. The van der Waals surface area contributed by atoms with Crippen LogP contribution in [-0.2, 0) is 16.9 Å². The van der Waals surface area contributed by atoms with E-state index in [4.69, 9.17) is 11.6 Å². The van der Waals surface area contributed by atoms with Gasteiger partial charge in [0.1, 0.15) is 0 Å². The molecular formula is C11H10ClN3O2. The number of imide groups is 1. The third-order valence-corrected chi connectivity index (χ3v) is 3.41. The van der Waals surface area contributed by atoms with Crippen LogP contribution in [0.25, 0.3) is 0 Å². The molecule has 3 rings (SSSR count). The fraction of sp³-hybridized carbons (Fsp3) is 0.273. The summed E-state index contributed by atoms with van der Waals surface area (Å²) in [6.45, 7) is 1.04. The highest BCUT2D eigenvalue weighted by molar-refractivity contribution is 6.30. The summed E-state index contributed by atoms with van der Waals surface area (Å²) in [4.78, 5) is 23.3. The molecule has 2 aliphatic rings. The molecular weight excluding hydrogens is 242 g/mol. The van der Waals surface area contributed by atoms with Crippen molar-refractivity contribution >= 4 is 23.5 Å². The molecule has 0 aromatic heterocycles. The molecule has 5 nitrogen and oxygen atoms in total. The maximum absolute atomic E-state index is 12.0. The second kappa shape index (κ2) is 3.45. The van der Waals surface area contributed by atoms with Gasteiger partial charge in [-0.25, -0.2) is 4.79 Å². The molecule has 88 valence electrons. The lowest BCUT2D eigenvalue weighted by Gasteiger charge is -2.33. The van der Waals surface area contributed by atoms with Crippen LogP contribution >= 0.6 is 11.6 Å². The molecule has 1 saturated heterocycles. The first kappa shape index (κ1) is 10.6. The van der Waals surface area contributed by atoms with Crippen molar-refractivity contribution in [2.75, 3.05) is 6.54 Å². The van der Waals surface area contributed by atoms with Gasteiger partial charge in [-0.1, -0.05) is 17.7 Å². The van der Waals surface area contributed by atoms with Crippen LogP contribution in [0.3, 0.4) is 0 Å². The maximum atomic E-state index is 12.0. The van der Waals surface area contributed by atoms with Crippen LogP contribution in [0.5, 0.6) is 0 Å². The highest BCUT2D eigenvalue weighted by Gasteiger charge is 2.49. The quantitative estimate of drug-likeness (QED) is 0.588. The Hall–Kier alpha value is -1.59. The summed E-state index contributed by atoms with van der Waals surface area (Å²) in [5.41, 5.74) is 0.723. The molecule has 0 saturated carbocycles. The molecule has 2 heterocycles. The van der Waals surface area contributed by atoms with Crippen LogP contribution in [0.2, 0.25) is 5.02 Å². The number of amides is 3. The average molecular weight is 252 g/mol. The summed E-state index contributed by atoms with van der Waals surface area (Å²) < 4.78 is 0. The second-order valence-electron chi connectivity index (χ2n) is 4.22. The summed E-state index contributed by atoms with van der Waals surface area (Å²) >= 11 is 5.96. The smallest absolute Gasteiger partial charge is 0.318 e. The van der Waals surface area contributed by atoms with Gasteiger partial charge in [0, 0.05) is 18.1 Å². The Kier molecular flexibility index (Phi) is 2.14. The first-order chi connectivity index (χ1) is 8.12. The highest BCUT2D eigenvalue weighted by Crippen LogP contribution is 2.32. The third-order valence-electron chi connectivity index (χ3n) is 3.18. The van der Waals surface area contributed by atoms with E-state index in [2.05, 4.69) is 16.0 Å². The van der Waals surface area contributed by atoms with Crippen molar-refractivity contribution in [3.05, 3.63) is 34.3 Å². The lowest BCUT2D eigenvalue weighted by atomic mass is 9.83. The maximum Gasteiger partial charge on any atom is 0.322 e. The van der Waals surface area contributed by atoms with Gasteiger partial charge in [0.05, 0.1) is 0 Å². The zero-order valence-corrected chi connectivity index (χ0v) is 9.60. The SMILES string of the molecule is O=C1NC(=O)C2(CNCc3ccc(Cl)cc32)N1. The van der Waals surface area contributed by atoms with E-state index in [-0.39, 0.29) is 5.91 Å². The Morgan fingerprint density at radius 2 is 2.12 bits per heavy atom. The number of halogens is 1. The van der Waals surface area contributed by atoms with E-state index in [1.54, 1.807) is 12.1 Å². The van der Waals surface area contributed by atoms with Gasteiger partial charge in [-0.3, -0.25) is 10.1 Å². The first-order valence-corrected chi connectivity index (χ1v) is 5.63. The van der Waals surface area contributed by atoms with Gasteiger partial charge in [-0.15, -0.1) is 0 Å². The van der Waals surface area contributed by atoms with Gasteiger partial charge in [0.15, 0.2) is 5.54 Å². The fourth-order valence-corrected chi connectivity index (χ4v) is 2.56. The molecule has 0 aliphatic carbocycles. The molecule has 6 heteroatoms. The van der Waals surface area contributed by atoms with E-state index in [0.29, 0.717) is 18.1 Å². The van der Waals surface area contributed by atoms with Crippen molar-refractivity contribution < 1.29 is 9.59 Å². The van der Waals surface area contributed by atoms with E-state index in [0.717, 1.165) is 11.1 Å². The van der Waals surface area contributed by atoms with Gasteiger partial charge in [-0.05, 0) is 23.3 Å². The second-order valence-corrected chi connectivity index (χ2v) is 4.66. The lowest BCUT2D eigenvalue weighted by Crippen LogP contribution is -2.54. The minimum absolute atomic E-state index is 0.335. The average Bonchev–Trinajstić information content (AvgIpc) is 2.56. The van der Waals surface area contributed by atoms with E-state index in [9.17, 15) is 9.59 Å². The standard InChI is InChI=1S/C11H10ClN3O2/c12-7-2-1-6-4-13-5-11(8(6)3-7)9(16)14-10(17)15-11/h1-3,13H,4-5H2,(H2,14,15,16,17).